The molecule has 0 aliphatic carbocycles. The monoisotopic (exact) mass is 778 g/mol. The summed E-state index contributed by atoms with van der Waals surface area (Å²) in [7, 11) is 1.95. The normalized spacial score (nSPS) is 11.3. The number of nitrogens with zero attached hydrogens (tertiary/aromatic N) is 12. The van der Waals surface area contributed by atoms with E-state index in [1.54, 1.807) is 12.4 Å². The van der Waals surface area contributed by atoms with E-state index >= 15 is 0 Å². The molecule has 0 aliphatic heterocycles. The average Bonchev–Trinajstić information content (AvgIpc) is 3.86. The molecule has 57 heavy (non-hydrogen) atoms. The van der Waals surface area contributed by atoms with Crippen molar-refractivity contribution >= 4 is 17.5 Å². The molecule has 0 amide bonds. The largest absolute Gasteiger partial charge is 0.383 e. The lowest BCUT2D eigenvalue weighted by molar-refractivity contribution is 0.505. The fraction of sp³-hybridized carbons (Fsp3) is 0.500. The second-order valence-corrected chi connectivity index (χ2v) is 15.6. The number of hydrogen-bond donors (Lipinski definition) is 3. The van der Waals surface area contributed by atoms with E-state index in [1.165, 1.54) is 0 Å². The highest BCUT2D eigenvalue weighted by Crippen LogP contribution is 2.23. The zero-order valence-corrected chi connectivity index (χ0v) is 36.2. The van der Waals surface area contributed by atoms with Crippen LogP contribution < -0.4 is 17.2 Å². The molecule has 6 N–H and O–H groups in total. The molecule has 0 aliphatic rings. The third-order valence-electron chi connectivity index (χ3n) is 9.44. The summed E-state index contributed by atoms with van der Waals surface area (Å²) in [6.45, 7) is 25.6. The molecule has 6 rings (SSSR count). The van der Waals surface area contributed by atoms with Crippen molar-refractivity contribution in [3.63, 3.8) is 0 Å². The van der Waals surface area contributed by atoms with E-state index in [0.717, 1.165) is 63.8 Å². The van der Waals surface area contributed by atoms with Crippen LogP contribution in [0, 0.1) is 20.8 Å². The predicted molar refractivity (Wildman–Crippen MR) is 228 cm³/mol. The van der Waals surface area contributed by atoms with Crippen molar-refractivity contribution in [2.75, 3.05) is 17.2 Å². The molecule has 6 aromatic rings. The molecule has 0 saturated carbocycles. The Kier molecular flexibility index (Phi) is 15.0. The smallest absolute Gasteiger partial charge is 0.130 e. The minimum atomic E-state index is 0.324. The van der Waals surface area contributed by atoms with Gasteiger partial charge in [0, 0.05) is 91.3 Å². The van der Waals surface area contributed by atoms with Crippen molar-refractivity contribution in [3.8, 4) is 0 Å². The van der Waals surface area contributed by atoms with Gasteiger partial charge in [0.25, 0.3) is 0 Å². The lowest BCUT2D eigenvalue weighted by atomic mass is 10.1. The quantitative estimate of drug-likeness (QED) is 0.122. The van der Waals surface area contributed by atoms with Crippen LogP contribution in [-0.4, -0.2) is 59.2 Å². The van der Waals surface area contributed by atoms with Crippen molar-refractivity contribution < 1.29 is 0 Å². The Bertz CT molecular complexity index is 2220. The second kappa shape index (κ2) is 19.4. The SMILES string of the molecule is CCn1nc(C(C)C)cc1Cc1cnc(C)nc1N.Cc1ncc(Cc2cc(C(C)C)nn2C(C)C)c(N)n1.Cc1ncc(Cc2cc(C(C)C)nn2C)c(N)n1. The Hall–Kier alpha value is -5.73. The van der Waals surface area contributed by atoms with Gasteiger partial charge in [-0.1, -0.05) is 41.5 Å². The molecule has 306 valence electrons. The van der Waals surface area contributed by atoms with Crippen LogP contribution in [0.2, 0.25) is 0 Å². The fourth-order valence-corrected chi connectivity index (χ4v) is 6.00. The third kappa shape index (κ3) is 11.9. The minimum absolute atomic E-state index is 0.324. The molecule has 0 fully saturated rings. The van der Waals surface area contributed by atoms with Crippen LogP contribution in [0.1, 0.15) is 154 Å². The summed E-state index contributed by atoms with van der Waals surface area (Å²) in [5.74, 6) is 5.04. The van der Waals surface area contributed by atoms with Gasteiger partial charge in [0.05, 0.1) is 17.1 Å². The molecule has 0 saturated heterocycles. The summed E-state index contributed by atoms with van der Waals surface area (Å²) >= 11 is 0. The number of aromatic nitrogens is 12. The van der Waals surface area contributed by atoms with Gasteiger partial charge < -0.3 is 17.2 Å². The van der Waals surface area contributed by atoms with Gasteiger partial charge in [0.1, 0.15) is 34.9 Å². The topological polar surface area (TPSA) is 209 Å². The van der Waals surface area contributed by atoms with Gasteiger partial charge in [-0.2, -0.15) is 15.3 Å². The van der Waals surface area contributed by atoms with E-state index in [0.29, 0.717) is 71.6 Å². The molecule has 15 heteroatoms. The molecule has 15 nitrogen and oxygen atoms in total. The average molecular weight is 778 g/mol. The Morgan fingerprint density at radius 2 is 0.895 bits per heavy atom. The van der Waals surface area contributed by atoms with Crippen LogP contribution in [-0.2, 0) is 32.9 Å². The van der Waals surface area contributed by atoms with Gasteiger partial charge in [-0.3, -0.25) is 14.0 Å². The molecule has 0 atom stereocenters. The Morgan fingerprint density at radius 1 is 0.526 bits per heavy atom. The number of nitrogen functional groups attached to an aromatic ring is 3. The maximum absolute atomic E-state index is 5.98. The predicted octanol–water partition coefficient (Wildman–Crippen LogP) is 6.97. The van der Waals surface area contributed by atoms with E-state index in [9.17, 15) is 0 Å². The summed E-state index contributed by atoms with van der Waals surface area (Å²) in [4.78, 5) is 25.2. The highest BCUT2D eigenvalue weighted by Gasteiger charge is 2.16. The number of hydrogen-bond acceptors (Lipinski definition) is 12. The van der Waals surface area contributed by atoms with Crippen LogP contribution in [0.3, 0.4) is 0 Å². The molecule has 0 spiro atoms. The standard InChI is InChI=1S/C15H23N5.C14H21N5.C13H19N5/c1-9(2)14-7-13(20(19-14)10(3)4)6-12-8-17-11(5)18-15(12)16;1-5-19-12(7-13(18-19)9(2)3)6-11-8-16-10(4)17-14(11)15;1-8(2)12-6-11(18(4)17-12)5-10-7-15-9(3)16-13(10)14/h7-10H,6H2,1-5H3,(H2,16,17,18);7-9H,5-6H2,1-4H3,(H2,15,16,17);6-8H,5H2,1-4H3,(H2,14,15,16). The van der Waals surface area contributed by atoms with Crippen LogP contribution in [0.25, 0.3) is 0 Å². The third-order valence-corrected chi connectivity index (χ3v) is 9.44. The Labute approximate surface area is 338 Å². The van der Waals surface area contributed by atoms with Gasteiger partial charge in [0.15, 0.2) is 0 Å². The minimum Gasteiger partial charge on any atom is -0.383 e. The fourth-order valence-electron chi connectivity index (χ4n) is 6.00. The summed E-state index contributed by atoms with van der Waals surface area (Å²) in [5, 5.41) is 13.8. The molecule has 0 bridgehead atoms. The molecule has 0 radical (unpaired) electrons. The summed E-state index contributed by atoms with van der Waals surface area (Å²) in [6.07, 6.45) is 7.55. The summed E-state index contributed by atoms with van der Waals surface area (Å²) < 4.78 is 5.98. The highest BCUT2D eigenvalue weighted by molar-refractivity contribution is 5.42. The second-order valence-electron chi connectivity index (χ2n) is 15.6. The molecule has 0 unspecified atom stereocenters. The maximum Gasteiger partial charge on any atom is 0.130 e. The van der Waals surface area contributed by atoms with Crippen LogP contribution in [0.15, 0.2) is 36.8 Å². The van der Waals surface area contributed by atoms with E-state index in [-0.39, 0.29) is 0 Å². The molecule has 6 aromatic heterocycles. The van der Waals surface area contributed by atoms with Gasteiger partial charge >= 0.3 is 0 Å². The first-order valence-corrected chi connectivity index (χ1v) is 19.8. The van der Waals surface area contributed by atoms with Crippen molar-refractivity contribution in [1.82, 2.24) is 59.2 Å². The van der Waals surface area contributed by atoms with Crippen molar-refractivity contribution in [2.24, 2.45) is 7.05 Å². The lowest BCUT2D eigenvalue weighted by Gasteiger charge is -2.11. The first-order valence-electron chi connectivity index (χ1n) is 19.8. The summed E-state index contributed by atoms with van der Waals surface area (Å²) in [5.41, 5.74) is 27.4. The van der Waals surface area contributed by atoms with Crippen LogP contribution >= 0.6 is 0 Å². The molecular formula is C42H63N15. The number of rotatable bonds is 11. The van der Waals surface area contributed by atoms with E-state index in [1.807, 2.05) is 43.4 Å². The summed E-state index contributed by atoms with van der Waals surface area (Å²) in [6, 6.07) is 6.74. The first-order chi connectivity index (χ1) is 26.9. The Morgan fingerprint density at radius 3 is 1.28 bits per heavy atom. The van der Waals surface area contributed by atoms with Gasteiger partial charge in [-0.05, 0) is 77.5 Å². The van der Waals surface area contributed by atoms with Crippen molar-refractivity contribution in [1.29, 1.82) is 0 Å². The van der Waals surface area contributed by atoms with Crippen LogP contribution in [0.5, 0.6) is 0 Å². The molecule has 6 heterocycles. The van der Waals surface area contributed by atoms with E-state index in [4.69, 9.17) is 17.2 Å². The van der Waals surface area contributed by atoms with E-state index < -0.39 is 0 Å². The lowest BCUT2D eigenvalue weighted by Crippen LogP contribution is -2.10. The number of anilines is 3. The van der Waals surface area contributed by atoms with E-state index in [2.05, 4.69) is 130 Å². The number of aryl methyl sites for hydroxylation is 5. The van der Waals surface area contributed by atoms with Gasteiger partial charge in [0.2, 0.25) is 0 Å². The van der Waals surface area contributed by atoms with Crippen molar-refractivity contribution in [2.45, 2.75) is 133 Å². The zero-order chi connectivity index (χ0) is 42.1. The first kappa shape index (κ1) is 44.0. The highest BCUT2D eigenvalue weighted by atomic mass is 15.3. The molecular weight excluding hydrogens is 715 g/mol. The Balaban J connectivity index is 0.000000190. The van der Waals surface area contributed by atoms with Crippen LogP contribution in [0.4, 0.5) is 17.5 Å². The molecule has 0 aromatic carbocycles. The van der Waals surface area contributed by atoms with Crippen molar-refractivity contribution in [3.05, 3.63) is 105 Å². The maximum atomic E-state index is 5.98. The number of nitrogens with two attached hydrogens (primary N) is 3. The van der Waals surface area contributed by atoms with Gasteiger partial charge in [-0.15, -0.1) is 0 Å². The van der Waals surface area contributed by atoms with Gasteiger partial charge in [-0.25, -0.2) is 29.9 Å². The zero-order valence-electron chi connectivity index (χ0n) is 36.2.